The summed E-state index contributed by atoms with van der Waals surface area (Å²) in [6.45, 7) is 7.47. The SMILES string of the molecule is CCCN1CCN(c2nc3c(c(=O)[nH]c(=O)n3C)n2Cc2ccccc2)CC1. The summed E-state index contributed by atoms with van der Waals surface area (Å²) in [6.07, 6.45) is 1.14. The maximum Gasteiger partial charge on any atom is 0.329 e. The minimum atomic E-state index is -0.443. The summed E-state index contributed by atoms with van der Waals surface area (Å²) in [5, 5.41) is 0. The molecule has 0 radical (unpaired) electrons. The number of aromatic amines is 1. The van der Waals surface area contributed by atoms with Crippen molar-refractivity contribution in [3.8, 4) is 0 Å². The maximum atomic E-state index is 12.6. The smallest absolute Gasteiger partial charge is 0.329 e. The standard InChI is InChI=1S/C20H26N6O2/c1-3-9-24-10-12-25(13-11-24)19-21-17-16(18(27)22-20(28)23(17)2)26(19)14-15-7-5-4-6-8-15/h4-8H,3,9-14H2,1-2H3,(H,22,27,28). The average molecular weight is 382 g/mol. The third-order valence-electron chi connectivity index (χ3n) is 5.37. The number of H-pyrrole nitrogens is 1. The number of fused-ring (bicyclic) bond motifs is 1. The molecule has 4 rings (SSSR count). The first kappa shape index (κ1) is 18.5. The van der Waals surface area contributed by atoms with Gasteiger partial charge >= 0.3 is 5.69 Å². The number of rotatable bonds is 5. The number of hydrogen-bond donors (Lipinski definition) is 1. The minimum absolute atomic E-state index is 0.391. The van der Waals surface area contributed by atoms with E-state index in [2.05, 4.69) is 21.7 Å². The maximum absolute atomic E-state index is 12.6. The molecule has 0 saturated carbocycles. The number of aromatic nitrogens is 4. The van der Waals surface area contributed by atoms with Crippen molar-refractivity contribution < 1.29 is 0 Å². The van der Waals surface area contributed by atoms with Crippen molar-refractivity contribution in [3.63, 3.8) is 0 Å². The second kappa shape index (κ2) is 7.63. The van der Waals surface area contributed by atoms with Crippen LogP contribution in [-0.2, 0) is 13.6 Å². The summed E-state index contributed by atoms with van der Waals surface area (Å²) in [6, 6.07) is 10.0. The van der Waals surface area contributed by atoms with Crippen LogP contribution < -0.4 is 16.1 Å². The van der Waals surface area contributed by atoms with E-state index in [1.165, 1.54) is 4.57 Å². The van der Waals surface area contributed by atoms with Crippen LogP contribution in [-0.4, -0.2) is 56.7 Å². The highest BCUT2D eigenvalue weighted by atomic mass is 16.2. The van der Waals surface area contributed by atoms with Crippen molar-refractivity contribution in [3.05, 3.63) is 56.7 Å². The molecular weight excluding hydrogens is 356 g/mol. The van der Waals surface area contributed by atoms with Crippen molar-refractivity contribution in [2.45, 2.75) is 19.9 Å². The number of aryl methyl sites for hydroxylation is 1. The summed E-state index contributed by atoms with van der Waals surface area (Å²) in [7, 11) is 1.64. The first-order valence-corrected chi connectivity index (χ1v) is 9.79. The predicted octanol–water partition coefficient (Wildman–Crippen LogP) is 1.00. The van der Waals surface area contributed by atoms with Crippen LogP contribution in [0.4, 0.5) is 5.95 Å². The Bertz CT molecular complexity index is 1070. The summed E-state index contributed by atoms with van der Waals surface area (Å²) < 4.78 is 3.35. The first-order valence-electron chi connectivity index (χ1n) is 9.79. The van der Waals surface area contributed by atoms with Gasteiger partial charge in [-0.25, -0.2) is 4.79 Å². The third kappa shape index (κ3) is 3.35. The number of hydrogen-bond acceptors (Lipinski definition) is 5. The lowest BCUT2D eigenvalue weighted by Crippen LogP contribution is -2.47. The summed E-state index contributed by atoms with van der Waals surface area (Å²) >= 11 is 0. The molecular formula is C20H26N6O2. The third-order valence-corrected chi connectivity index (χ3v) is 5.37. The van der Waals surface area contributed by atoms with E-state index in [1.54, 1.807) is 7.05 Å². The number of anilines is 1. The molecule has 148 valence electrons. The van der Waals surface area contributed by atoms with Gasteiger partial charge in [0.05, 0.1) is 6.54 Å². The Labute approximate surface area is 163 Å². The lowest BCUT2D eigenvalue weighted by atomic mass is 10.2. The van der Waals surface area contributed by atoms with E-state index in [9.17, 15) is 9.59 Å². The van der Waals surface area contributed by atoms with Crippen molar-refractivity contribution in [1.82, 2.24) is 24.0 Å². The van der Waals surface area contributed by atoms with E-state index >= 15 is 0 Å². The molecule has 0 aliphatic carbocycles. The van der Waals surface area contributed by atoms with Gasteiger partial charge in [-0.1, -0.05) is 37.3 Å². The average Bonchev–Trinajstić information content (AvgIpc) is 3.08. The molecule has 1 saturated heterocycles. The number of nitrogens with one attached hydrogen (secondary N) is 1. The minimum Gasteiger partial charge on any atom is -0.340 e. The van der Waals surface area contributed by atoms with Gasteiger partial charge in [-0.3, -0.25) is 23.8 Å². The van der Waals surface area contributed by atoms with Crippen LogP contribution in [0.5, 0.6) is 0 Å². The Morgan fingerprint density at radius 3 is 2.46 bits per heavy atom. The number of benzene rings is 1. The number of imidazole rings is 1. The lowest BCUT2D eigenvalue weighted by molar-refractivity contribution is 0.257. The number of nitrogens with zero attached hydrogens (tertiary/aromatic N) is 5. The van der Waals surface area contributed by atoms with Gasteiger partial charge in [0.2, 0.25) is 5.95 Å². The van der Waals surface area contributed by atoms with E-state index in [4.69, 9.17) is 4.98 Å². The molecule has 3 aromatic rings. The molecule has 1 N–H and O–H groups in total. The molecule has 28 heavy (non-hydrogen) atoms. The molecule has 0 spiro atoms. The second-order valence-electron chi connectivity index (χ2n) is 7.30. The predicted molar refractivity (Wildman–Crippen MR) is 110 cm³/mol. The van der Waals surface area contributed by atoms with Gasteiger partial charge in [-0.05, 0) is 18.5 Å². The van der Waals surface area contributed by atoms with E-state index in [-0.39, 0.29) is 0 Å². The molecule has 0 unspecified atom stereocenters. The largest absolute Gasteiger partial charge is 0.340 e. The van der Waals surface area contributed by atoms with Gasteiger partial charge in [-0.2, -0.15) is 4.98 Å². The number of piperazine rings is 1. The zero-order chi connectivity index (χ0) is 19.7. The Hall–Kier alpha value is -2.87. The fraction of sp³-hybridized carbons (Fsp3) is 0.450. The fourth-order valence-corrected chi connectivity index (χ4v) is 3.87. The molecule has 0 amide bonds. The van der Waals surface area contributed by atoms with E-state index < -0.39 is 11.2 Å². The highest BCUT2D eigenvalue weighted by Gasteiger charge is 2.24. The van der Waals surface area contributed by atoms with Crippen LogP contribution >= 0.6 is 0 Å². The molecule has 2 aromatic heterocycles. The van der Waals surface area contributed by atoms with Crippen LogP contribution in [0.25, 0.3) is 11.2 Å². The van der Waals surface area contributed by atoms with Gasteiger partial charge in [0.25, 0.3) is 5.56 Å². The van der Waals surface area contributed by atoms with E-state index in [1.807, 2.05) is 34.9 Å². The topological polar surface area (TPSA) is 79.2 Å². The van der Waals surface area contributed by atoms with Crippen LogP contribution in [0.15, 0.2) is 39.9 Å². The van der Waals surface area contributed by atoms with Crippen molar-refractivity contribution in [2.24, 2.45) is 7.05 Å². The van der Waals surface area contributed by atoms with E-state index in [0.717, 1.165) is 50.7 Å². The van der Waals surface area contributed by atoms with Crippen LogP contribution in [0.2, 0.25) is 0 Å². The monoisotopic (exact) mass is 382 g/mol. The van der Waals surface area contributed by atoms with Gasteiger partial charge < -0.3 is 4.90 Å². The molecule has 1 aliphatic heterocycles. The Kier molecular flexibility index (Phi) is 5.04. The summed E-state index contributed by atoms with van der Waals surface area (Å²) in [5.74, 6) is 0.752. The van der Waals surface area contributed by atoms with Gasteiger partial charge in [0, 0.05) is 33.2 Å². The van der Waals surface area contributed by atoms with Crippen molar-refractivity contribution in [2.75, 3.05) is 37.6 Å². The Balaban J connectivity index is 1.80. The summed E-state index contributed by atoms with van der Waals surface area (Å²) in [4.78, 5) is 36.5. The fourth-order valence-electron chi connectivity index (χ4n) is 3.87. The quantitative estimate of drug-likeness (QED) is 0.712. The first-order chi connectivity index (χ1) is 13.6. The molecule has 8 heteroatoms. The molecule has 0 bridgehead atoms. The van der Waals surface area contributed by atoms with E-state index in [0.29, 0.717) is 17.7 Å². The molecule has 1 fully saturated rings. The molecule has 8 nitrogen and oxygen atoms in total. The van der Waals surface area contributed by atoms with Crippen LogP contribution in [0.1, 0.15) is 18.9 Å². The van der Waals surface area contributed by atoms with Gasteiger partial charge in [0.1, 0.15) is 0 Å². The van der Waals surface area contributed by atoms with Gasteiger partial charge in [0.15, 0.2) is 11.2 Å². The van der Waals surface area contributed by atoms with Gasteiger partial charge in [-0.15, -0.1) is 0 Å². The summed E-state index contributed by atoms with van der Waals surface area (Å²) in [5.41, 5.74) is 1.12. The zero-order valence-electron chi connectivity index (χ0n) is 16.4. The Morgan fingerprint density at radius 2 is 1.79 bits per heavy atom. The zero-order valence-corrected chi connectivity index (χ0v) is 16.4. The molecule has 1 aliphatic rings. The highest BCUT2D eigenvalue weighted by Crippen LogP contribution is 2.22. The highest BCUT2D eigenvalue weighted by molar-refractivity contribution is 5.74. The lowest BCUT2D eigenvalue weighted by Gasteiger charge is -2.35. The van der Waals surface area contributed by atoms with Crippen LogP contribution in [0, 0.1) is 0 Å². The van der Waals surface area contributed by atoms with Crippen LogP contribution in [0.3, 0.4) is 0 Å². The normalized spacial score (nSPS) is 15.4. The molecule has 1 aromatic carbocycles. The Morgan fingerprint density at radius 1 is 1.07 bits per heavy atom. The van der Waals surface area contributed by atoms with Crippen molar-refractivity contribution >= 4 is 17.1 Å². The molecule has 3 heterocycles. The second-order valence-corrected chi connectivity index (χ2v) is 7.30. The molecule has 0 atom stereocenters. The van der Waals surface area contributed by atoms with Crippen molar-refractivity contribution in [1.29, 1.82) is 0 Å².